The molecule has 5 nitrogen and oxygen atoms in total. The van der Waals surface area contributed by atoms with Crippen LogP contribution < -0.4 is 0 Å². The highest BCUT2D eigenvalue weighted by atomic mass is 16.6. The zero-order valence-electron chi connectivity index (χ0n) is 17.0. The third kappa shape index (κ3) is 13.8. The second kappa shape index (κ2) is 17.2. The average Bonchev–Trinajstić information content (AvgIpc) is 2.68. The summed E-state index contributed by atoms with van der Waals surface area (Å²) in [7, 11) is 0. The molecule has 27 heavy (non-hydrogen) atoms. The van der Waals surface area contributed by atoms with E-state index in [2.05, 4.69) is 6.42 Å². The minimum absolute atomic E-state index is 0.334. The zero-order chi connectivity index (χ0) is 19.6. The van der Waals surface area contributed by atoms with E-state index in [1.807, 2.05) is 0 Å². The molecule has 0 aliphatic heterocycles. The van der Waals surface area contributed by atoms with Crippen molar-refractivity contribution in [2.24, 2.45) is 0 Å². The summed E-state index contributed by atoms with van der Waals surface area (Å²) >= 11 is 0. The predicted octanol–water partition coefficient (Wildman–Crippen LogP) is 5.98. The first-order chi connectivity index (χ1) is 13.2. The largest absolute Gasteiger partial charge is 0.378 e. The second-order valence-electron chi connectivity index (χ2n) is 7.89. The van der Waals surface area contributed by atoms with Crippen molar-refractivity contribution in [3.63, 3.8) is 0 Å². The summed E-state index contributed by atoms with van der Waals surface area (Å²) in [5, 5.41) is 10.5. The van der Waals surface area contributed by atoms with Gasteiger partial charge in [-0.25, -0.2) is 0 Å². The Morgan fingerprint density at radius 3 is 1.85 bits per heavy atom. The van der Waals surface area contributed by atoms with Crippen LogP contribution in [0.25, 0.3) is 0 Å². The van der Waals surface area contributed by atoms with Crippen LogP contribution >= 0.6 is 0 Å². The minimum atomic E-state index is -1.12. The van der Waals surface area contributed by atoms with Gasteiger partial charge in [0.1, 0.15) is 0 Å². The molecule has 0 amide bonds. The molecule has 1 aliphatic rings. The number of rotatable bonds is 18. The first kappa shape index (κ1) is 24.1. The monoisotopic (exact) mass is 381 g/mol. The predicted molar refractivity (Wildman–Crippen MR) is 109 cm³/mol. The lowest BCUT2D eigenvalue weighted by molar-refractivity contribution is -0.503. The summed E-state index contributed by atoms with van der Waals surface area (Å²) in [6.45, 7) is 0.942. The fourth-order valence-electron chi connectivity index (χ4n) is 3.73. The van der Waals surface area contributed by atoms with Crippen LogP contribution in [0.3, 0.4) is 0 Å². The molecular weight excluding hydrogens is 342 g/mol. The van der Waals surface area contributed by atoms with Crippen molar-refractivity contribution >= 4 is 6.29 Å². The van der Waals surface area contributed by atoms with Gasteiger partial charge in [0, 0.05) is 18.0 Å². The van der Waals surface area contributed by atoms with Gasteiger partial charge in [-0.2, -0.15) is 0 Å². The Kier molecular flexibility index (Phi) is 15.3. The lowest BCUT2D eigenvalue weighted by Gasteiger charge is -2.21. The molecule has 1 aliphatic carbocycles. The maximum Gasteiger partial charge on any atom is 0.278 e. The molecule has 1 saturated carbocycles. The minimum Gasteiger partial charge on any atom is -0.378 e. The van der Waals surface area contributed by atoms with Gasteiger partial charge in [0.15, 0.2) is 0 Å². The fourth-order valence-corrected chi connectivity index (χ4v) is 3.73. The lowest BCUT2D eigenvalue weighted by Crippen LogP contribution is -2.20. The number of ether oxygens (including phenoxy) is 1. The van der Waals surface area contributed by atoms with E-state index in [0.717, 1.165) is 25.9 Å². The molecule has 5 heteroatoms. The summed E-state index contributed by atoms with van der Waals surface area (Å²) in [6.07, 6.45) is 24.0. The van der Waals surface area contributed by atoms with E-state index < -0.39 is 11.0 Å². The number of nitro groups is 1. The van der Waals surface area contributed by atoms with E-state index in [4.69, 9.17) is 4.74 Å². The summed E-state index contributed by atoms with van der Waals surface area (Å²) in [5.74, 6) is 0. The molecule has 0 aromatic carbocycles. The number of carbonyl (C=O) groups excluding carboxylic acids is 1. The van der Waals surface area contributed by atoms with Crippen LogP contribution in [0.2, 0.25) is 0 Å². The van der Waals surface area contributed by atoms with Gasteiger partial charge in [-0.3, -0.25) is 14.9 Å². The molecule has 0 heterocycles. The van der Waals surface area contributed by atoms with E-state index in [1.165, 1.54) is 89.8 Å². The Morgan fingerprint density at radius 1 is 0.889 bits per heavy atom. The Hall–Kier alpha value is -0.970. The van der Waals surface area contributed by atoms with E-state index in [9.17, 15) is 14.9 Å². The Labute approximate surface area is 165 Å². The Morgan fingerprint density at radius 2 is 1.37 bits per heavy atom. The van der Waals surface area contributed by atoms with Crippen LogP contribution in [-0.2, 0) is 9.53 Å². The summed E-state index contributed by atoms with van der Waals surface area (Å²) in [6, 6.07) is -1.12. The molecule has 0 bridgehead atoms. The highest BCUT2D eigenvalue weighted by Gasteiger charge is 2.18. The van der Waals surface area contributed by atoms with Crippen molar-refractivity contribution < 1.29 is 14.5 Å². The van der Waals surface area contributed by atoms with Crippen molar-refractivity contribution in [2.75, 3.05) is 6.61 Å². The highest BCUT2D eigenvalue weighted by Crippen LogP contribution is 2.20. The average molecular weight is 382 g/mol. The van der Waals surface area contributed by atoms with Gasteiger partial charge >= 0.3 is 0 Å². The molecular formula is C22H39NO4. The van der Waals surface area contributed by atoms with Crippen molar-refractivity contribution in [3.8, 4) is 0 Å². The topological polar surface area (TPSA) is 69.4 Å². The van der Waals surface area contributed by atoms with Crippen LogP contribution in [0.1, 0.15) is 109 Å². The van der Waals surface area contributed by atoms with Gasteiger partial charge in [-0.15, -0.1) is 0 Å². The number of hydrogen-bond donors (Lipinski definition) is 0. The summed E-state index contributed by atoms with van der Waals surface area (Å²) in [4.78, 5) is 20.4. The quantitative estimate of drug-likeness (QED) is 0.166. The maximum absolute atomic E-state index is 10.5. The molecule has 0 aromatic rings. The number of hydrogen-bond acceptors (Lipinski definition) is 4. The zero-order valence-corrected chi connectivity index (χ0v) is 17.0. The van der Waals surface area contributed by atoms with Gasteiger partial charge in [-0.05, 0) is 44.9 Å². The highest BCUT2D eigenvalue weighted by molar-refractivity contribution is 5.56. The van der Waals surface area contributed by atoms with E-state index in [-0.39, 0.29) is 0 Å². The molecule has 0 aromatic heterocycles. The van der Waals surface area contributed by atoms with Crippen LogP contribution in [-0.4, -0.2) is 30.0 Å². The van der Waals surface area contributed by atoms with Crippen LogP contribution in [0.5, 0.6) is 0 Å². The van der Waals surface area contributed by atoms with Gasteiger partial charge in [0.05, 0.1) is 6.10 Å². The molecule has 0 spiro atoms. The van der Waals surface area contributed by atoms with Gasteiger partial charge < -0.3 is 4.74 Å². The van der Waals surface area contributed by atoms with Gasteiger partial charge in [0.25, 0.3) is 12.3 Å². The third-order valence-electron chi connectivity index (χ3n) is 5.50. The molecule has 1 fully saturated rings. The van der Waals surface area contributed by atoms with E-state index in [0.29, 0.717) is 12.5 Å². The van der Waals surface area contributed by atoms with Crippen molar-refractivity contribution in [1.82, 2.24) is 0 Å². The van der Waals surface area contributed by atoms with Crippen molar-refractivity contribution in [2.45, 2.75) is 121 Å². The van der Waals surface area contributed by atoms with Crippen molar-refractivity contribution in [3.05, 3.63) is 16.5 Å². The molecule has 1 unspecified atom stereocenters. The second-order valence-corrected chi connectivity index (χ2v) is 7.89. The van der Waals surface area contributed by atoms with Crippen LogP contribution in [0, 0.1) is 16.5 Å². The van der Waals surface area contributed by atoms with Crippen LogP contribution in [0.4, 0.5) is 0 Å². The molecule has 1 rings (SSSR count). The molecule has 0 saturated heterocycles. The van der Waals surface area contributed by atoms with E-state index >= 15 is 0 Å². The molecule has 2 radical (unpaired) electrons. The van der Waals surface area contributed by atoms with Crippen molar-refractivity contribution in [1.29, 1.82) is 0 Å². The summed E-state index contributed by atoms with van der Waals surface area (Å²) < 4.78 is 5.94. The first-order valence-corrected chi connectivity index (χ1v) is 11.2. The third-order valence-corrected chi connectivity index (χ3v) is 5.50. The maximum atomic E-state index is 10.5. The van der Waals surface area contributed by atoms with Gasteiger partial charge in [-0.1, -0.05) is 64.2 Å². The van der Waals surface area contributed by atoms with E-state index in [1.54, 1.807) is 0 Å². The Balaban J connectivity index is 1.73. The Bertz CT molecular complexity index is 369. The number of nitrogens with zero attached hydrogens (tertiary/aromatic N) is 1. The van der Waals surface area contributed by atoms with Crippen LogP contribution in [0.15, 0.2) is 0 Å². The smallest absolute Gasteiger partial charge is 0.278 e. The lowest BCUT2D eigenvalue weighted by atomic mass is 9.98. The summed E-state index contributed by atoms with van der Waals surface area (Å²) in [5.41, 5.74) is 0. The number of unbranched alkanes of at least 4 members (excludes halogenated alkanes) is 11. The fraction of sp³-hybridized carbons (Fsp3) is 0.909. The SMILES string of the molecule is O=[C]C(CCCCCCCCCCCCCCOC1CC[CH]CC1)[N+](=O)[O-]. The normalized spacial score (nSPS) is 16.3. The first-order valence-electron chi connectivity index (χ1n) is 11.2. The van der Waals surface area contributed by atoms with Gasteiger partial charge in [0.2, 0.25) is 0 Å². The standard InChI is InChI=1S/C22H39NO4/c24-20-21(23(25)26)16-12-9-7-5-3-1-2-4-6-8-10-15-19-27-22-17-13-11-14-18-22/h11,21-22H,1-10,12-19H2. The molecule has 156 valence electrons. The molecule has 0 N–H and O–H groups in total. The molecule has 1 atom stereocenters.